The average molecular weight is 259 g/mol. The average Bonchev–Trinajstić information content (AvgIpc) is 2.75. The second kappa shape index (κ2) is 5.89. The Morgan fingerprint density at radius 3 is 2.74 bits per heavy atom. The van der Waals surface area contributed by atoms with Gasteiger partial charge in [0, 0.05) is 16.8 Å². The maximum atomic E-state index is 5.67. The zero-order valence-corrected chi connectivity index (χ0v) is 11.8. The van der Waals surface area contributed by atoms with Crippen molar-refractivity contribution in [2.24, 2.45) is 5.73 Å². The molecule has 0 amide bonds. The normalized spacial score (nSPS) is 10.7. The number of aryl methyl sites for hydroxylation is 2. The van der Waals surface area contributed by atoms with Gasteiger partial charge in [0.15, 0.2) is 0 Å². The lowest BCUT2D eigenvalue weighted by molar-refractivity contribution is 0.338. The molecule has 4 nitrogen and oxygen atoms in total. The highest BCUT2D eigenvalue weighted by Gasteiger charge is 2.12. The van der Waals surface area contributed by atoms with E-state index in [-0.39, 0.29) is 0 Å². The van der Waals surface area contributed by atoms with Crippen LogP contribution < -0.4 is 10.5 Å². The smallest absolute Gasteiger partial charge is 0.122 e. The molecule has 0 saturated carbocycles. The molecule has 102 valence electrons. The number of H-pyrrole nitrogens is 1. The molecule has 1 aromatic heterocycles. The van der Waals surface area contributed by atoms with Crippen LogP contribution in [0.25, 0.3) is 11.3 Å². The minimum Gasteiger partial charge on any atom is -0.494 e. The number of nitrogens with zero attached hydrogens (tertiary/aromatic N) is 1. The van der Waals surface area contributed by atoms with E-state index in [0.717, 1.165) is 34.7 Å². The number of benzene rings is 1. The first kappa shape index (κ1) is 13.6. The maximum Gasteiger partial charge on any atom is 0.122 e. The van der Waals surface area contributed by atoms with Crippen molar-refractivity contribution in [3.05, 3.63) is 35.0 Å². The van der Waals surface area contributed by atoms with Gasteiger partial charge in [0.2, 0.25) is 0 Å². The van der Waals surface area contributed by atoms with Crippen LogP contribution in [0.2, 0.25) is 0 Å². The molecular weight excluding hydrogens is 238 g/mol. The minimum absolute atomic E-state index is 0.628. The summed E-state index contributed by atoms with van der Waals surface area (Å²) in [7, 11) is 0. The number of aromatic nitrogens is 2. The standard InChI is InChI=1S/C15H21N3O/c1-4-19-14-6-5-12(9-10(14)2)15-13(7-8-16)11(3)17-18-15/h5-6,9H,4,7-8,16H2,1-3H3,(H,17,18). The zero-order valence-electron chi connectivity index (χ0n) is 11.8. The largest absolute Gasteiger partial charge is 0.494 e. The summed E-state index contributed by atoms with van der Waals surface area (Å²) in [6.07, 6.45) is 0.837. The van der Waals surface area contributed by atoms with Crippen LogP contribution in [0.3, 0.4) is 0 Å². The first-order chi connectivity index (χ1) is 9.17. The third-order valence-electron chi connectivity index (χ3n) is 3.22. The molecule has 0 unspecified atom stereocenters. The lowest BCUT2D eigenvalue weighted by Gasteiger charge is -2.09. The molecular formula is C15H21N3O. The summed E-state index contributed by atoms with van der Waals surface area (Å²) in [5, 5.41) is 7.44. The van der Waals surface area contributed by atoms with Crippen LogP contribution in [0.15, 0.2) is 18.2 Å². The van der Waals surface area contributed by atoms with Crippen LogP contribution in [-0.2, 0) is 6.42 Å². The predicted molar refractivity (Wildman–Crippen MR) is 77.4 cm³/mol. The summed E-state index contributed by atoms with van der Waals surface area (Å²) in [5.74, 6) is 0.930. The maximum absolute atomic E-state index is 5.67. The quantitative estimate of drug-likeness (QED) is 0.867. The van der Waals surface area contributed by atoms with E-state index in [1.807, 2.05) is 26.0 Å². The van der Waals surface area contributed by atoms with Crippen LogP contribution in [0, 0.1) is 13.8 Å². The first-order valence-electron chi connectivity index (χ1n) is 6.65. The van der Waals surface area contributed by atoms with Gasteiger partial charge >= 0.3 is 0 Å². The summed E-state index contributed by atoms with van der Waals surface area (Å²) in [5.41, 5.74) is 11.2. The topological polar surface area (TPSA) is 63.9 Å². The van der Waals surface area contributed by atoms with E-state index in [1.165, 1.54) is 5.56 Å². The van der Waals surface area contributed by atoms with Crippen molar-refractivity contribution in [3.63, 3.8) is 0 Å². The summed E-state index contributed by atoms with van der Waals surface area (Å²) >= 11 is 0. The molecule has 2 aromatic rings. The molecule has 0 saturated heterocycles. The number of hydrogen-bond acceptors (Lipinski definition) is 3. The number of hydrogen-bond donors (Lipinski definition) is 2. The van der Waals surface area contributed by atoms with Gasteiger partial charge in [-0.2, -0.15) is 5.10 Å². The molecule has 0 aliphatic carbocycles. The fraction of sp³-hybridized carbons (Fsp3) is 0.400. The van der Waals surface area contributed by atoms with E-state index in [1.54, 1.807) is 0 Å². The van der Waals surface area contributed by atoms with E-state index in [9.17, 15) is 0 Å². The summed E-state index contributed by atoms with van der Waals surface area (Å²) < 4.78 is 5.56. The van der Waals surface area contributed by atoms with Gasteiger partial charge in [0.25, 0.3) is 0 Å². The van der Waals surface area contributed by atoms with Gasteiger partial charge in [-0.3, -0.25) is 5.10 Å². The van der Waals surface area contributed by atoms with E-state index in [4.69, 9.17) is 10.5 Å². The minimum atomic E-state index is 0.628. The number of nitrogens with one attached hydrogen (secondary N) is 1. The monoisotopic (exact) mass is 259 g/mol. The van der Waals surface area contributed by atoms with Crippen molar-refractivity contribution in [1.29, 1.82) is 0 Å². The molecule has 0 bridgehead atoms. The Labute approximate surface area is 114 Å². The number of nitrogens with two attached hydrogens (primary N) is 1. The van der Waals surface area contributed by atoms with Crippen molar-refractivity contribution in [3.8, 4) is 17.0 Å². The van der Waals surface area contributed by atoms with Crippen molar-refractivity contribution in [1.82, 2.24) is 10.2 Å². The van der Waals surface area contributed by atoms with Gasteiger partial charge in [-0.15, -0.1) is 0 Å². The van der Waals surface area contributed by atoms with E-state index < -0.39 is 0 Å². The van der Waals surface area contributed by atoms with Gasteiger partial charge in [-0.1, -0.05) is 0 Å². The molecule has 3 N–H and O–H groups in total. The molecule has 2 rings (SSSR count). The Kier molecular flexibility index (Phi) is 4.22. The molecule has 4 heteroatoms. The van der Waals surface area contributed by atoms with Gasteiger partial charge in [0.05, 0.1) is 12.3 Å². The molecule has 1 aromatic carbocycles. The Hall–Kier alpha value is -1.81. The zero-order chi connectivity index (χ0) is 13.8. The lowest BCUT2D eigenvalue weighted by Crippen LogP contribution is -2.04. The SMILES string of the molecule is CCOc1ccc(-c2n[nH]c(C)c2CCN)cc1C. The first-order valence-corrected chi connectivity index (χ1v) is 6.65. The number of ether oxygens (including phenoxy) is 1. The molecule has 19 heavy (non-hydrogen) atoms. The number of rotatable bonds is 5. The molecule has 0 aliphatic rings. The molecule has 0 spiro atoms. The highest BCUT2D eigenvalue weighted by molar-refractivity contribution is 5.66. The molecule has 1 heterocycles. The predicted octanol–water partition coefficient (Wildman–Crippen LogP) is 2.59. The highest BCUT2D eigenvalue weighted by atomic mass is 16.5. The van der Waals surface area contributed by atoms with E-state index >= 15 is 0 Å². The summed E-state index contributed by atoms with van der Waals surface area (Å²) in [6.45, 7) is 7.38. The van der Waals surface area contributed by atoms with Gasteiger partial charge in [-0.05, 0) is 57.5 Å². The van der Waals surface area contributed by atoms with Crippen LogP contribution in [0.4, 0.5) is 0 Å². The summed E-state index contributed by atoms with van der Waals surface area (Å²) in [6, 6.07) is 6.17. The van der Waals surface area contributed by atoms with E-state index in [2.05, 4.69) is 23.2 Å². The van der Waals surface area contributed by atoms with E-state index in [0.29, 0.717) is 13.2 Å². The Morgan fingerprint density at radius 2 is 2.11 bits per heavy atom. The van der Waals surface area contributed by atoms with Crippen LogP contribution in [-0.4, -0.2) is 23.3 Å². The van der Waals surface area contributed by atoms with Crippen LogP contribution in [0.1, 0.15) is 23.7 Å². The van der Waals surface area contributed by atoms with Crippen molar-refractivity contribution < 1.29 is 4.74 Å². The highest BCUT2D eigenvalue weighted by Crippen LogP contribution is 2.28. The van der Waals surface area contributed by atoms with Crippen LogP contribution in [0.5, 0.6) is 5.75 Å². The number of aromatic amines is 1. The van der Waals surface area contributed by atoms with Crippen molar-refractivity contribution >= 4 is 0 Å². The van der Waals surface area contributed by atoms with Gasteiger partial charge in [-0.25, -0.2) is 0 Å². The molecule has 0 aliphatic heterocycles. The Morgan fingerprint density at radius 1 is 1.32 bits per heavy atom. The van der Waals surface area contributed by atoms with Crippen molar-refractivity contribution in [2.75, 3.05) is 13.2 Å². The third kappa shape index (κ3) is 2.79. The van der Waals surface area contributed by atoms with Crippen LogP contribution >= 0.6 is 0 Å². The Balaban J connectivity index is 2.39. The molecule has 0 atom stereocenters. The third-order valence-corrected chi connectivity index (χ3v) is 3.22. The second-order valence-corrected chi connectivity index (χ2v) is 4.63. The summed E-state index contributed by atoms with van der Waals surface area (Å²) in [4.78, 5) is 0. The molecule has 0 radical (unpaired) electrons. The fourth-order valence-electron chi connectivity index (χ4n) is 2.26. The lowest BCUT2D eigenvalue weighted by atomic mass is 10.0. The fourth-order valence-corrected chi connectivity index (χ4v) is 2.26. The van der Waals surface area contributed by atoms with Gasteiger partial charge < -0.3 is 10.5 Å². The van der Waals surface area contributed by atoms with Gasteiger partial charge in [0.1, 0.15) is 5.75 Å². The Bertz CT molecular complexity index is 561. The van der Waals surface area contributed by atoms with Crippen molar-refractivity contribution in [2.45, 2.75) is 27.2 Å². The molecule has 0 fully saturated rings. The second-order valence-electron chi connectivity index (χ2n) is 4.63.